The second kappa shape index (κ2) is 5.59. The lowest BCUT2D eigenvalue weighted by Crippen LogP contribution is -2.36. The fourth-order valence-electron chi connectivity index (χ4n) is 2.09. The standard InChI is InChI=1S/C14H21N3O2/c1-14(2,9-16-7-6-15-3)10-4-5-12-11(8-10)17-13(18)19-12/h4-5,8,15-16H,6-7,9H2,1-3H3,(H,17,18). The van der Waals surface area contributed by atoms with Crippen molar-refractivity contribution in [3.8, 4) is 0 Å². The van der Waals surface area contributed by atoms with Crippen molar-refractivity contribution in [2.75, 3.05) is 26.7 Å². The van der Waals surface area contributed by atoms with Gasteiger partial charge in [0.05, 0.1) is 5.52 Å². The predicted molar refractivity (Wildman–Crippen MR) is 76.7 cm³/mol. The molecule has 0 fully saturated rings. The molecular weight excluding hydrogens is 242 g/mol. The maximum Gasteiger partial charge on any atom is 0.417 e. The summed E-state index contributed by atoms with van der Waals surface area (Å²) in [7, 11) is 1.94. The molecule has 0 saturated carbocycles. The first-order valence-electron chi connectivity index (χ1n) is 6.51. The van der Waals surface area contributed by atoms with E-state index in [4.69, 9.17) is 4.42 Å². The molecule has 0 aliphatic carbocycles. The Morgan fingerprint density at radius 2 is 2.11 bits per heavy atom. The van der Waals surface area contributed by atoms with E-state index in [1.54, 1.807) is 0 Å². The number of fused-ring (bicyclic) bond motifs is 1. The molecule has 0 saturated heterocycles. The van der Waals surface area contributed by atoms with Gasteiger partial charge in [0.25, 0.3) is 0 Å². The molecule has 3 N–H and O–H groups in total. The largest absolute Gasteiger partial charge is 0.417 e. The van der Waals surface area contributed by atoms with Gasteiger partial charge < -0.3 is 15.1 Å². The third-order valence-electron chi connectivity index (χ3n) is 3.32. The zero-order chi connectivity index (χ0) is 13.9. The van der Waals surface area contributed by atoms with Crippen LogP contribution < -0.4 is 16.4 Å². The third-order valence-corrected chi connectivity index (χ3v) is 3.32. The molecule has 5 nitrogen and oxygen atoms in total. The van der Waals surface area contributed by atoms with Crippen LogP contribution in [-0.4, -0.2) is 31.7 Å². The predicted octanol–water partition coefficient (Wildman–Crippen LogP) is 1.21. The number of oxazole rings is 1. The van der Waals surface area contributed by atoms with Gasteiger partial charge in [-0.05, 0) is 24.7 Å². The molecule has 1 aromatic carbocycles. The molecule has 0 atom stereocenters. The van der Waals surface area contributed by atoms with Crippen LogP contribution in [0.5, 0.6) is 0 Å². The maximum absolute atomic E-state index is 11.2. The Balaban J connectivity index is 2.14. The number of hydrogen-bond acceptors (Lipinski definition) is 4. The van der Waals surface area contributed by atoms with Crippen molar-refractivity contribution in [3.05, 3.63) is 34.3 Å². The molecule has 104 valence electrons. The average Bonchev–Trinajstić information content (AvgIpc) is 2.73. The van der Waals surface area contributed by atoms with E-state index in [9.17, 15) is 4.79 Å². The monoisotopic (exact) mass is 263 g/mol. The number of hydrogen-bond donors (Lipinski definition) is 3. The smallest absolute Gasteiger partial charge is 0.408 e. The van der Waals surface area contributed by atoms with Crippen LogP contribution in [0.2, 0.25) is 0 Å². The minimum atomic E-state index is -0.405. The SMILES string of the molecule is CNCCNCC(C)(C)c1ccc2oc(=O)[nH]c2c1. The van der Waals surface area contributed by atoms with Gasteiger partial charge in [0, 0.05) is 25.0 Å². The molecule has 0 aliphatic rings. The second-order valence-electron chi connectivity index (χ2n) is 5.39. The minimum Gasteiger partial charge on any atom is -0.408 e. The number of benzene rings is 1. The lowest BCUT2D eigenvalue weighted by molar-refractivity contribution is 0.468. The van der Waals surface area contributed by atoms with Crippen LogP contribution in [0.1, 0.15) is 19.4 Å². The van der Waals surface area contributed by atoms with Crippen LogP contribution in [0, 0.1) is 0 Å². The number of H-pyrrole nitrogens is 1. The molecule has 1 aromatic heterocycles. The van der Waals surface area contributed by atoms with Crippen molar-refractivity contribution in [1.29, 1.82) is 0 Å². The lowest BCUT2D eigenvalue weighted by atomic mass is 9.84. The molecule has 2 aromatic rings. The van der Waals surface area contributed by atoms with Crippen LogP contribution in [0.3, 0.4) is 0 Å². The van der Waals surface area contributed by atoms with Gasteiger partial charge in [0.15, 0.2) is 5.58 Å². The van der Waals surface area contributed by atoms with Gasteiger partial charge in [-0.3, -0.25) is 4.98 Å². The molecule has 0 bridgehead atoms. The minimum absolute atomic E-state index is 0.00388. The van der Waals surface area contributed by atoms with E-state index in [1.807, 2.05) is 25.2 Å². The van der Waals surface area contributed by atoms with Crippen molar-refractivity contribution in [2.24, 2.45) is 0 Å². The summed E-state index contributed by atoms with van der Waals surface area (Å²) in [6, 6.07) is 5.84. The van der Waals surface area contributed by atoms with Gasteiger partial charge in [-0.15, -0.1) is 0 Å². The fourth-order valence-corrected chi connectivity index (χ4v) is 2.09. The number of aromatic amines is 1. The second-order valence-corrected chi connectivity index (χ2v) is 5.39. The molecule has 0 spiro atoms. The van der Waals surface area contributed by atoms with E-state index in [0.29, 0.717) is 5.58 Å². The number of likely N-dealkylation sites (N-methyl/N-ethyl adjacent to an activating group) is 1. The summed E-state index contributed by atoms with van der Waals surface area (Å²) in [6.45, 7) is 7.12. The van der Waals surface area contributed by atoms with E-state index in [-0.39, 0.29) is 5.41 Å². The first-order chi connectivity index (χ1) is 9.03. The Morgan fingerprint density at radius 1 is 1.32 bits per heavy atom. The average molecular weight is 263 g/mol. The Kier molecular flexibility index (Phi) is 4.07. The Morgan fingerprint density at radius 3 is 2.84 bits per heavy atom. The first kappa shape index (κ1) is 13.8. The fraction of sp³-hybridized carbons (Fsp3) is 0.500. The Labute approximate surface area is 112 Å². The van der Waals surface area contributed by atoms with E-state index in [1.165, 1.54) is 5.56 Å². The summed E-state index contributed by atoms with van der Waals surface area (Å²) in [5.74, 6) is -0.405. The van der Waals surface area contributed by atoms with Gasteiger partial charge >= 0.3 is 5.76 Å². The van der Waals surface area contributed by atoms with Crippen LogP contribution in [-0.2, 0) is 5.41 Å². The Hall–Kier alpha value is -1.59. The summed E-state index contributed by atoms with van der Waals surface area (Å²) in [5.41, 5.74) is 2.53. The normalized spacial score (nSPS) is 12.2. The van der Waals surface area contributed by atoms with Crippen molar-refractivity contribution in [2.45, 2.75) is 19.3 Å². The highest BCUT2D eigenvalue weighted by atomic mass is 16.4. The Bertz CT molecular complexity index is 598. The highest BCUT2D eigenvalue weighted by Crippen LogP contribution is 2.25. The van der Waals surface area contributed by atoms with Crippen LogP contribution >= 0.6 is 0 Å². The zero-order valence-corrected chi connectivity index (χ0v) is 11.7. The molecular formula is C14H21N3O2. The molecule has 0 aliphatic heterocycles. The topological polar surface area (TPSA) is 70.1 Å². The maximum atomic E-state index is 11.2. The van der Waals surface area contributed by atoms with E-state index in [2.05, 4.69) is 29.5 Å². The molecule has 1 heterocycles. The van der Waals surface area contributed by atoms with Crippen molar-refractivity contribution < 1.29 is 4.42 Å². The molecule has 0 unspecified atom stereocenters. The van der Waals surface area contributed by atoms with Gasteiger partial charge in [0.1, 0.15) is 0 Å². The molecule has 0 amide bonds. The highest BCUT2D eigenvalue weighted by Gasteiger charge is 2.20. The molecule has 5 heteroatoms. The summed E-state index contributed by atoms with van der Waals surface area (Å²) in [4.78, 5) is 13.8. The molecule has 0 radical (unpaired) electrons. The molecule has 19 heavy (non-hydrogen) atoms. The van der Waals surface area contributed by atoms with Gasteiger partial charge in [0.2, 0.25) is 0 Å². The van der Waals surface area contributed by atoms with E-state index < -0.39 is 5.76 Å². The summed E-state index contributed by atoms with van der Waals surface area (Å²) < 4.78 is 5.01. The number of rotatable bonds is 6. The van der Waals surface area contributed by atoms with Crippen LogP contribution in [0.15, 0.2) is 27.4 Å². The number of aromatic nitrogens is 1. The lowest BCUT2D eigenvalue weighted by Gasteiger charge is -2.25. The van der Waals surface area contributed by atoms with E-state index >= 15 is 0 Å². The quantitative estimate of drug-likeness (QED) is 0.685. The van der Waals surface area contributed by atoms with Crippen molar-refractivity contribution >= 4 is 11.1 Å². The van der Waals surface area contributed by atoms with Gasteiger partial charge in [-0.2, -0.15) is 0 Å². The summed E-state index contributed by atoms with van der Waals surface area (Å²) >= 11 is 0. The molecule has 2 rings (SSSR count). The van der Waals surface area contributed by atoms with Gasteiger partial charge in [-0.25, -0.2) is 4.79 Å². The zero-order valence-electron chi connectivity index (χ0n) is 11.7. The summed E-state index contributed by atoms with van der Waals surface area (Å²) in [6.07, 6.45) is 0. The van der Waals surface area contributed by atoms with Crippen LogP contribution in [0.4, 0.5) is 0 Å². The first-order valence-corrected chi connectivity index (χ1v) is 6.51. The van der Waals surface area contributed by atoms with Gasteiger partial charge in [-0.1, -0.05) is 19.9 Å². The highest BCUT2D eigenvalue weighted by molar-refractivity contribution is 5.73. The van der Waals surface area contributed by atoms with Crippen molar-refractivity contribution in [1.82, 2.24) is 15.6 Å². The third kappa shape index (κ3) is 3.24. The number of nitrogens with one attached hydrogen (secondary N) is 3. The van der Waals surface area contributed by atoms with E-state index in [0.717, 1.165) is 25.2 Å². The van der Waals surface area contributed by atoms with Crippen molar-refractivity contribution in [3.63, 3.8) is 0 Å². The van der Waals surface area contributed by atoms with Crippen LogP contribution in [0.25, 0.3) is 11.1 Å². The summed E-state index contributed by atoms with van der Waals surface area (Å²) in [5, 5.41) is 6.53.